The first-order chi connectivity index (χ1) is 9.85. The molecule has 0 radical (unpaired) electrons. The smallest absolute Gasteiger partial charge is 0.149 e. The summed E-state index contributed by atoms with van der Waals surface area (Å²) in [6.07, 6.45) is 4.79. The summed E-state index contributed by atoms with van der Waals surface area (Å²) in [5, 5.41) is 3.30. The van der Waals surface area contributed by atoms with E-state index < -0.39 is 0 Å². The number of aromatic nitrogens is 2. The highest BCUT2D eigenvalue weighted by Gasteiger charge is 2.35. The van der Waals surface area contributed by atoms with Crippen molar-refractivity contribution in [3.8, 4) is 0 Å². The zero-order chi connectivity index (χ0) is 13.5. The highest BCUT2D eigenvalue weighted by atomic mass is 15.4. The standard InChI is InChI=1S/C15H23N5/c1-16-14-11-4-2-3-5-12(11)17-15(18-14)13-10-19-6-8-20(13)9-7-19/h13H,2-10H2,1H3,(H,16,17,18). The topological polar surface area (TPSA) is 44.3 Å². The fourth-order valence-corrected chi connectivity index (χ4v) is 3.83. The average molecular weight is 273 g/mol. The van der Waals surface area contributed by atoms with Gasteiger partial charge in [0.25, 0.3) is 0 Å². The van der Waals surface area contributed by atoms with Gasteiger partial charge in [-0.15, -0.1) is 0 Å². The Balaban J connectivity index is 1.71. The Morgan fingerprint density at radius 3 is 2.55 bits per heavy atom. The first-order valence-electron chi connectivity index (χ1n) is 7.89. The van der Waals surface area contributed by atoms with E-state index in [1.165, 1.54) is 50.3 Å². The van der Waals surface area contributed by atoms with Crippen LogP contribution in [0.4, 0.5) is 5.82 Å². The van der Waals surface area contributed by atoms with Gasteiger partial charge in [-0.2, -0.15) is 0 Å². The van der Waals surface area contributed by atoms with Crippen molar-refractivity contribution < 1.29 is 0 Å². The largest absolute Gasteiger partial charge is 0.373 e. The normalized spacial score (nSPS) is 31.9. The molecule has 0 aromatic carbocycles. The maximum absolute atomic E-state index is 4.94. The SMILES string of the molecule is CNc1nc(C2CN3CCN2CC3)nc2c1CCCC2. The van der Waals surface area contributed by atoms with Crippen LogP contribution in [0.3, 0.4) is 0 Å². The quantitative estimate of drug-likeness (QED) is 0.873. The van der Waals surface area contributed by atoms with Crippen molar-refractivity contribution in [2.75, 3.05) is 45.1 Å². The van der Waals surface area contributed by atoms with Crippen LogP contribution < -0.4 is 5.32 Å². The third kappa shape index (κ3) is 2.00. The van der Waals surface area contributed by atoms with Crippen LogP contribution in [-0.2, 0) is 12.8 Å². The van der Waals surface area contributed by atoms with Crippen LogP contribution >= 0.6 is 0 Å². The van der Waals surface area contributed by atoms with E-state index in [0.29, 0.717) is 6.04 Å². The molecular formula is C15H23N5. The van der Waals surface area contributed by atoms with Crippen LogP contribution in [0.15, 0.2) is 0 Å². The van der Waals surface area contributed by atoms with Crippen LogP contribution in [0.2, 0.25) is 0 Å². The lowest BCUT2D eigenvalue weighted by Gasteiger charge is -2.46. The van der Waals surface area contributed by atoms with Gasteiger partial charge in [0.1, 0.15) is 11.6 Å². The highest BCUT2D eigenvalue weighted by Crippen LogP contribution is 2.31. The number of hydrogen-bond donors (Lipinski definition) is 1. The zero-order valence-corrected chi connectivity index (χ0v) is 12.2. The van der Waals surface area contributed by atoms with E-state index in [9.17, 15) is 0 Å². The molecule has 1 aromatic heterocycles. The second-order valence-corrected chi connectivity index (χ2v) is 6.17. The van der Waals surface area contributed by atoms with Crippen molar-refractivity contribution >= 4 is 5.82 Å². The molecule has 0 saturated carbocycles. The molecule has 0 amide bonds. The van der Waals surface area contributed by atoms with Crippen LogP contribution in [-0.4, -0.2) is 59.5 Å². The molecule has 5 nitrogen and oxygen atoms in total. The van der Waals surface area contributed by atoms with Crippen molar-refractivity contribution in [3.05, 3.63) is 17.1 Å². The summed E-state index contributed by atoms with van der Waals surface area (Å²) in [4.78, 5) is 14.9. The lowest BCUT2D eigenvalue weighted by atomic mass is 9.96. The molecule has 1 atom stereocenters. The summed E-state index contributed by atoms with van der Waals surface area (Å²) in [6, 6.07) is 0.400. The average Bonchev–Trinajstić information content (AvgIpc) is 2.54. The van der Waals surface area contributed by atoms with Crippen molar-refractivity contribution in [3.63, 3.8) is 0 Å². The van der Waals surface area contributed by atoms with Gasteiger partial charge in [0.15, 0.2) is 0 Å². The van der Waals surface area contributed by atoms with E-state index in [2.05, 4.69) is 15.1 Å². The number of rotatable bonds is 2. The van der Waals surface area contributed by atoms with Gasteiger partial charge in [0.2, 0.25) is 0 Å². The van der Waals surface area contributed by atoms with Gasteiger partial charge < -0.3 is 5.32 Å². The molecule has 1 N–H and O–H groups in total. The molecule has 1 aromatic rings. The minimum absolute atomic E-state index is 0.400. The lowest BCUT2D eigenvalue weighted by Crippen LogP contribution is -2.57. The third-order valence-electron chi connectivity index (χ3n) is 5.01. The van der Waals surface area contributed by atoms with Gasteiger partial charge >= 0.3 is 0 Å². The van der Waals surface area contributed by atoms with E-state index >= 15 is 0 Å². The first-order valence-corrected chi connectivity index (χ1v) is 7.89. The first kappa shape index (κ1) is 12.5. The Morgan fingerprint density at radius 1 is 1.05 bits per heavy atom. The third-order valence-corrected chi connectivity index (χ3v) is 5.01. The molecule has 1 aliphatic carbocycles. The van der Waals surface area contributed by atoms with Gasteiger partial charge in [-0.3, -0.25) is 9.80 Å². The molecule has 4 heterocycles. The maximum atomic E-state index is 4.94. The predicted molar refractivity (Wildman–Crippen MR) is 79.0 cm³/mol. The number of piperazine rings is 3. The van der Waals surface area contributed by atoms with E-state index in [0.717, 1.165) is 31.0 Å². The zero-order valence-electron chi connectivity index (χ0n) is 12.2. The number of nitrogens with one attached hydrogen (secondary N) is 1. The Morgan fingerprint density at radius 2 is 1.85 bits per heavy atom. The molecule has 5 heteroatoms. The molecule has 3 aliphatic heterocycles. The van der Waals surface area contributed by atoms with Crippen molar-refractivity contribution in [2.45, 2.75) is 31.7 Å². The minimum Gasteiger partial charge on any atom is -0.373 e. The summed E-state index contributed by atoms with van der Waals surface area (Å²) in [7, 11) is 1.98. The summed E-state index contributed by atoms with van der Waals surface area (Å²) in [5.41, 5.74) is 2.65. The van der Waals surface area contributed by atoms with E-state index in [1.54, 1.807) is 0 Å². The lowest BCUT2D eigenvalue weighted by molar-refractivity contribution is 0.00858. The Labute approximate surface area is 120 Å². The Hall–Kier alpha value is -1.20. The number of anilines is 1. The molecular weight excluding hydrogens is 250 g/mol. The molecule has 20 heavy (non-hydrogen) atoms. The fraction of sp³-hybridized carbons (Fsp3) is 0.733. The van der Waals surface area contributed by atoms with E-state index in [1.807, 2.05) is 7.05 Å². The maximum Gasteiger partial charge on any atom is 0.149 e. The molecule has 5 rings (SSSR count). The highest BCUT2D eigenvalue weighted by molar-refractivity contribution is 5.47. The Bertz CT molecular complexity index is 490. The molecule has 2 bridgehead atoms. The van der Waals surface area contributed by atoms with E-state index in [-0.39, 0.29) is 0 Å². The predicted octanol–water partition coefficient (Wildman–Crippen LogP) is 1.07. The molecule has 3 saturated heterocycles. The van der Waals surface area contributed by atoms with Crippen molar-refractivity contribution in [2.24, 2.45) is 0 Å². The summed E-state index contributed by atoms with van der Waals surface area (Å²) in [6.45, 7) is 5.85. The van der Waals surface area contributed by atoms with Gasteiger partial charge in [-0.1, -0.05) is 0 Å². The van der Waals surface area contributed by atoms with Crippen LogP contribution in [0, 0.1) is 0 Å². The fourth-order valence-electron chi connectivity index (χ4n) is 3.83. The number of fused-ring (bicyclic) bond motifs is 4. The van der Waals surface area contributed by atoms with E-state index in [4.69, 9.17) is 9.97 Å². The van der Waals surface area contributed by atoms with Crippen LogP contribution in [0.25, 0.3) is 0 Å². The second-order valence-electron chi connectivity index (χ2n) is 6.17. The number of aryl methyl sites for hydroxylation is 1. The molecule has 0 spiro atoms. The number of nitrogens with zero attached hydrogens (tertiary/aromatic N) is 4. The monoisotopic (exact) mass is 273 g/mol. The minimum atomic E-state index is 0.400. The van der Waals surface area contributed by atoms with Crippen molar-refractivity contribution in [1.82, 2.24) is 19.8 Å². The molecule has 108 valence electrons. The summed E-state index contributed by atoms with van der Waals surface area (Å²) >= 11 is 0. The molecule has 3 fully saturated rings. The summed E-state index contributed by atoms with van der Waals surface area (Å²) < 4.78 is 0. The second kappa shape index (κ2) is 4.97. The van der Waals surface area contributed by atoms with Crippen molar-refractivity contribution in [1.29, 1.82) is 0 Å². The molecule has 1 unspecified atom stereocenters. The summed E-state index contributed by atoms with van der Waals surface area (Å²) in [5.74, 6) is 2.11. The van der Waals surface area contributed by atoms with Gasteiger partial charge in [0, 0.05) is 51.0 Å². The van der Waals surface area contributed by atoms with Gasteiger partial charge in [-0.25, -0.2) is 9.97 Å². The van der Waals surface area contributed by atoms with Gasteiger partial charge in [0.05, 0.1) is 6.04 Å². The van der Waals surface area contributed by atoms with Gasteiger partial charge in [-0.05, 0) is 25.7 Å². The Kier molecular flexibility index (Phi) is 3.11. The van der Waals surface area contributed by atoms with Crippen LogP contribution in [0.1, 0.15) is 36.0 Å². The van der Waals surface area contributed by atoms with Crippen LogP contribution in [0.5, 0.6) is 0 Å². The molecule has 4 aliphatic rings. The number of hydrogen-bond acceptors (Lipinski definition) is 5.